The monoisotopic (exact) mass is 314 g/mol. The molecule has 0 aromatic heterocycles. The summed E-state index contributed by atoms with van der Waals surface area (Å²) in [5, 5.41) is 4.93. The average molecular weight is 315 g/mol. The van der Waals surface area contributed by atoms with Gasteiger partial charge in [0.25, 0.3) is 0 Å². The van der Waals surface area contributed by atoms with E-state index in [1.165, 1.54) is 45.3 Å². The Morgan fingerprint density at radius 2 is 2.00 bits per heavy atom. The molecule has 20 heavy (non-hydrogen) atoms. The van der Waals surface area contributed by atoms with Crippen molar-refractivity contribution in [2.45, 2.75) is 45.2 Å². The average Bonchev–Trinajstić information content (AvgIpc) is 2.48. The van der Waals surface area contributed by atoms with E-state index in [-0.39, 0.29) is 0 Å². The molecule has 1 heterocycles. The molecule has 2 rings (SSSR count). The molecule has 0 amide bonds. The second-order valence-electron chi connectivity index (χ2n) is 5.56. The minimum absolute atomic E-state index is 0.600. The second kappa shape index (κ2) is 8.23. The van der Waals surface area contributed by atoms with Gasteiger partial charge in [-0.25, -0.2) is 0 Å². The Hall–Kier alpha value is -0.280. The van der Waals surface area contributed by atoms with Gasteiger partial charge in [0.1, 0.15) is 0 Å². The fourth-order valence-corrected chi connectivity index (χ4v) is 3.07. The lowest BCUT2D eigenvalue weighted by Crippen LogP contribution is -2.42. The molecule has 2 nitrogen and oxygen atoms in total. The van der Waals surface area contributed by atoms with E-state index in [1.807, 2.05) is 18.2 Å². The highest BCUT2D eigenvalue weighted by molar-refractivity contribution is 6.42. The van der Waals surface area contributed by atoms with Crippen LogP contribution >= 0.6 is 23.2 Å². The largest absolute Gasteiger partial charge is 0.310 e. The van der Waals surface area contributed by atoms with Crippen LogP contribution in [0.4, 0.5) is 0 Å². The Morgan fingerprint density at radius 1 is 1.25 bits per heavy atom. The van der Waals surface area contributed by atoms with Crippen LogP contribution < -0.4 is 5.32 Å². The Bertz CT molecular complexity index is 415. The number of piperidine rings is 1. The third-order valence-corrected chi connectivity index (χ3v) is 4.89. The van der Waals surface area contributed by atoms with Crippen LogP contribution in [0.3, 0.4) is 0 Å². The molecule has 0 radical (unpaired) electrons. The number of likely N-dealkylation sites (tertiary alicyclic amines) is 1. The SMILES string of the molecule is CCCCN1CCC(NCc2cccc(Cl)c2Cl)CC1. The van der Waals surface area contributed by atoms with E-state index in [4.69, 9.17) is 23.2 Å². The van der Waals surface area contributed by atoms with Gasteiger partial charge in [0.05, 0.1) is 10.0 Å². The van der Waals surface area contributed by atoms with Crippen LogP contribution in [0.15, 0.2) is 18.2 Å². The quantitative estimate of drug-likeness (QED) is 0.840. The van der Waals surface area contributed by atoms with E-state index < -0.39 is 0 Å². The van der Waals surface area contributed by atoms with Crippen molar-refractivity contribution < 1.29 is 0 Å². The van der Waals surface area contributed by atoms with Crippen molar-refractivity contribution in [1.29, 1.82) is 0 Å². The minimum atomic E-state index is 0.600. The molecule has 0 saturated carbocycles. The molecular formula is C16H24Cl2N2. The lowest BCUT2D eigenvalue weighted by molar-refractivity contribution is 0.195. The molecule has 1 aliphatic rings. The molecule has 0 aliphatic carbocycles. The molecule has 1 N–H and O–H groups in total. The smallest absolute Gasteiger partial charge is 0.0637 e. The van der Waals surface area contributed by atoms with Crippen LogP contribution in [-0.4, -0.2) is 30.6 Å². The van der Waals surface area contributed by atoms with Crippen molar-refractivity contribution in [3.05, 3.63) is 33.8 Å². The van der Waals surface area contributed by atoms with Crippen molar-refractivity contribution in [2.75, 3.05) is 19.6 Å². The predicted molar refractivity (Wildman–Crippen MR) is 87.7 cm³/mol. The summed E-state index contributed by atoms with van der Waals surface area (Å²) in [5.41, 5.74) is 1.09. The molecule has 0 unspecified atom stereocenters. The fraction of sp³-hybridized carbons (Fsp3) is 0.625. The Morgan fingerprint density at radius 3 is 2.70 bits per heavy atom. The van der Waals surface area contributed by atoms with Gasteiger partial charge in [-0.3, -0.25) is 0 Å². The number of hydrogen-bond donors (Lipinski definition) is 1. The van der Waals surface area contributed by atoms with E-state index in [9.17, 15) is 0 Å². The molecule has 1 aromatic rings. The summed E-state index contributed by atoms with van der Waals surface area (Å²) in [7, 11) is 0. The van der Waals surface area contributed by atoms with E-state index in [0.29, 0.717) is 16.1 Å². The molecule has 0 bridgehead atoms. The van der Waals surface area contributed by atoms with Gasteiger partial charge in [-0.1, -0.05) is 48.7 Å². The van der Waals surface area contributed by atoms with Crippen molar-refractivity contribution in [2.24, 2.45) is 0 Å². The summed E-state index contributed by atoms with van der Waals surface area (Å²) in [4.78, 5) is 2.58. The van der Waals surface area contributed by atoms with E-state index >= 15 is 0 Å². The summed E-state index contributed by atoms with van der Waals surface area (Å²) in [6, 6.07) is 6.43. The minimum Gasteiger partial charge on any atom is -0.310 e. The van der Waals surface area contributed by atoms with Gasteiger partial charge in [0.15, 0.2) is 0 Å². The normalized spacial score (nSPS) is 17.6. The first kappa shape index (κ1) is 16.1. The van der Waals surface area contributed by atoms with Gasteiger partial charge >= 0.3 is 0 Å². The predicted octanol–water partition coefficient (Wildman–Crippen LogP) is 4.35. The third-order valence-electron chi connectivity index (χ3n) is 4.03. The molecule has 112 valence electrons. The maximum atomic E-state index is 6.21. The van der Waals surface area contributed by atoms with E-state index in [0.717, 1.165) is 12.1 Å². The molecular weight excluding hydrogens is 291 g/mol. The van der Waals surface area contributed by atoms with Crippen LogP contribution in [0.25, 0.3) is 0 Å². The first-order chi connectivity index (χ1) is 9.70. The number of hydrogen-bond acceptors (Lipinski definition) is 2. The number of rotatable bonds is 6. The molecule has 1 aliphatic heterocycles. The van der Waals surface area contributed by atoms with Gasteiger partial charge in [-0.15, -0.1) is 0 Å². The zero-order chi connectivity index (χ0) is 14.4. The number of benzene rings is 1. The summed E-state index contributed by atoms with van der Waals surface area (Å²) in [6.45, 7) is 6.73. The van der Waals surface area contributed by atoms with Gasteiger partial charge < -0.3 is 10.2 Å². The summed E-state index contributed by atoms with van der Waals surface area (Å²) in [5.74, 6) is 0. The number of unbranched alkanes of at least 4 members (excludes halogenated alkanes) is 1. The van der Waals surface area contributed by atoms with Gasteiger partial charge in [-0.05, 0) is 50.5 Å². The highest BCUT2D eigenvalue weighted by Gasteiger charge is 2.18. The number of nitrogens with zero attached hydrogens (tertiary/aromatic N) is 1. The van der Waals surface area contributed by atoms with Gasteiger partial charge in [0, 0.05) is 12.6 Å². The highest BCUT2D eigenvalue weighted by Crippen LogP contribution is 2.25. The number of halogens is 2. The Labute approximate surface area is 132 Å². The van der Waals surface area contributed by atoms with Crippen molar-refractivity contribution in [1.82, 2.24) is 10.2 Å². The molecule has 4 heteroatoms. The van der Waals surface area contributed by atoms with Crippen molar-refractivity contribution >= 4 is 23.2 Å². The highest BCUT2D eigenvalue weighted by atomic mass is 35.5. The molecule has 1 fully saturated rings. The molecule has 1 saturated heterocycles. The maximum absolute atomic E-state index is 6.21. The van der Waals surface area contributed by atoms with Gasteiger partial charge in [-0.2, -0.15) is 0 Å². The maximum Gasteiger partial charge on any atom is 0.0637 e. The van der Waals surface area contributed by atoms with E-state index in [1.54, 1.807) is 0 Å². The Kier molecular flexibility index (Phi) is 6.63. The standard InChI is InChI=1S/C16H24Cl2N2/c1-2-3-9-20-10-7-14(8-11-20)19-12-13-5-4-6-15(17)16(13)18/h4-6,14,19H,2-3,7-12H2,1H3. The van der Waals surface area contributed by atoms with Crippen LogP contribution in [0.2, 0.25) is 10.0 Å². The van der Waals surface area contributed by atoms with Crippen LogP contribution in [0, 0.1) is 0 Å². The lowest BCUT2D eigenvalue weighted by Gasteiger charge is -2.32. The van der Waals surface area contributed by atoms with Crippen molar-refractivity contribution in [3.63, 3.8) is 0 Å². The van der Waals surface area contributed by atoms with Gasteiger partial charge in [0.2, 0.25) is 0 Å². The zero-order valence-corrected chi connectivity index (χ0v) is 13.7. The lowest BCUT2D eigenvalue weighted by atomic mass is 10.0. The van der Waals surface area contributed by atoms with Crippen LogP contribution in [0.1, 0.15) is 38.2 Å². The second-order valence-corrected chi connectivity index (χ2v) is 6.35. The summed E-state index contributed by atoms with van der Waals surface area (Å²) >= 11 is 12.2. The topological polar surface area (TPSA) is 15.3 Å². The first-order valence-corrected chi connectivity index (χ1v) is 8.35. The number of nitrogens with one attached hydrogen (secondary N) is 1. The zero-order valence-electron chi connectivity index (χ0n) is 12.2. The van der Waals surface area contributed by atoms with Crippen LogP contribution in [-0.2, 0) is 6.54 Å². The van der Waals surface area contributed by atoms with Crippen LogP contribution in [0.5, 0.6) is 0 Å². The third kappa shape index (κ3) is 4.63. The summed E-state index contributed by atoms with van der Waals surface area (Å²) in [6.07, 6.45) is 5.05. The Balaban J connectivity index is 1.74. The first-order valence-electron chi connectivity index (χ1n) is 7.59. The van der Waals surface area contributed by atoms with Crippen molar-refractivity contribution in [3.8, 4) is 0 Å². The molecule has 0 spiro atoms. The molecule has 1 aromatic carbocycles. The fourth-order valence-electron chi connectivity index (χ4n) is 2.68. The molecule has 0 atom stereocenters. The van der Waals surface area contributed by atoms with E-state index in [2.05, 4.69) is 17.1 Å². The summed E-state index contributed by atoms with van der Waals surface area (Å²) < 4.78 is 0.